The molecule has 0 aromatic rings. The zero-order valence-corrected chi connectivity index (χ0v) is 14.5. The maximum absolute atomic E-state index is 12.4. The van der Waals surface area contributed by atoms with Crippen LogP contribution in [0.15, 0.2) is 22.9 Å². The summed E-state index contributed by atoms with van der Waals surface area (Å²) in [6, 6.07) is -0.645. The number of likely N-dealkylation sites (tertiary alicyclic amines) is 1. The van der Waals surface area contributed by atoms with E-state index in [1.54, 1.807) is 11.0 Å². The fraction of sp³-hybridized carbons (Fsp3) is 0.562. The third-order valence-corrected chi connectivity index (χ3v) is 5.71. The molecule has 3 aliphatic rings. The van der Waals surface area contributed by atoms with Crippen LogP contribution in [0.4, 0.5) is 0 Å². The highest BCUT2D eigenvalue weighted by Gasteiger charge is 2.51. The van der Waals surface area contributed by atoms with E-state index in [9.17, 15) is 19.5 Å². The summed E-state index contributed by atoms with van der Waals surface area (Å²) in [4.78, 5) is 39.1. The van der Waals surface area contributed by atoms with Crippen molar-refractivity contribution < 1.29 is 19.5 Å². The Labute approximate surface area is 144 Å². The molecule has 3 heterocycles. The highest BCUT2D eigenvalue weighted by molar-refractivity contribution is 8.00. The van der Waals surface area contributed by atoms with Gasteiger partial charge in [-0.1, -0.05) is 13.8 Å². The lowest BCUT2D eigenvalue weighted by atomic mass is 10.0. The predicted octanol–water partition coefficient (Wildman–Crippen LogP) is 0.382. The van der Waals surface area contributed by atoms with Crippen molar-refractivity contribution in [2.45, 2.75) is 31.7 Å². The smallest absolute Gasteiger partial charge is 0.352 e. The summed E-state index contributed by atoms with van der Waals surface area (Å²) in [5, 5.41) is 9.20. The van der Waals surface area contributed by atoms with Crippen LogP contribution in [0.25, 0.3) is 0 Å². The van der Waals surface area contributed by atoms with Crippen LogP contribution in [0.5, 0.6) is 0 Å². The summed E-state index contributed by atoms with van der Waals surface area (Å²) < 4.78 is 0. The summed E-state index contributed by atoms with van der Waals surface area (Å²) in [6.07, 6.45) is 2.26. The van der Waals surface area contributed by atoms with Crippen molar-refractivity contribution in [2.75, 3.05) is 18.8 Å². The first-order chi connectivity index (χ1) is 11.3. The van der Waals surface area contributed by atoms with Gasteiger partial charge in [-0.25, -0.2) is 4.79 Å². The van der Waals surface area contributed by atoms with Gasteiger partial charge in [0.15, 0.2) is 0 Å². The molecule has 0 aliphatic carbocycles. The average Bonchev–Trinajstić information content (AvgIpc) is 2.86. The number of nitrogens with zero attached hydrogens (tertiary/aromatic N) is 2. The molecule has 130 valence electrons. The van der Waals surface area contributed by atoms with E-state index in [4.69, 9.17) is 5.73 Å². The van der Waals surface area contributed by atoms with Crippen molar-refractivity contribution in [1.82, 2.24) is 9.80 Å². The minimum absolute atomic E-state index is 0.0342. The van der Waals surface area contributed by atoms with E-state index < -0.39 is 12.0 Å². The minimum Gasteiger partial charge on any atom is -0.477 e. The predicted molar refractivity (Wildman–Crippen MR) is 89.8 cm³/mol. The van der Waals surface area contributed by atoms with E-state index in [2.05, 4.69) is 13.8 Å². The van der Waals surface area contributed by atoms with Crippen molar-refractivity contribution in [3.8, 4) is 0 Å². The Kier molecular flexibility index (Phi) is 4.44. The van der Waals surface area contributed by atoms with Gasteiger partial charge in [0, 0.05) is 24.4 Å². The fourth-order valence-electron chi connectivity index (χ4n) is 3.28. The Morgan fingerprint density at radius 3 is 2.79 bits per heavy atom. The molecular weight excluding hydrogens is 330 g/mol. The first kappa shape index (κ1) is 17.0. The van der Waals surface area contributed by atoms with Gasteiger partial charge in [0.25, 0.3) is 0 Å². The number of nitrogens with two attached hydrogens (primary N) is 1. The number of carbonyl (C=O) groups is 3. The van der Waals surface area contributed by atoms with Crippen molar-refractivity contribution in [3.63, 3.8) is 0 Å². The molecule has 3 rings (SSSR count). The number of hydrogen-bond donors (Lipinski definition) is 2. The average molecular weight is 351 g/mol. The number of rotatable bonds is 4. The second kappa shape index (κ2) is 6.25. The number of hydrogen-bond acceptors (Lipinski definition) is 5. The Balaban J connectivity index is 1.89. The van der Waals surface area contributed by atoms with Gasteiger partial charge in [-0.05, 0) is 24.0 Å². The van der Waals surface area contributed by atoms with Crippen LogP contribution in [0, 0.1) is 5.92 Å². The molecule has 2 amide bonds. The lowest BCUT2D eigenvalue weighted by molar-refractivity contribution is -0.147. The van der Waals surface area contributed by atoms with Gasteiger partial charge < -0.3 is 15.7 Å². The molecule has 0 unspecified atom stereocenters. The van der Waals surface area contributed by atoms with Gasteiger partial charge >= 0.3 is 5.97 Å². The molecule has 3 N–H and O–H groups in total. The number of carbonyl (C=O) groups excluding carboxylic acids is 2. The summed E-state index contributed by atoms with van der Waals surface area (Å²) >= 11 is 1.44. The highest BCUT2D eigenvalue weighted by atomic mass is 32.2. The second-order valence-electron chi connectivity index (χ2n) is 6.68. The molecule has 0 aromatic heterocycles. The number of carboxylic acid groups (broad SMARTS) is 1. The molecule has 0 aromatic carbocycles. The molecule has 24 heavy (non-hydrogen) atoms. The van der Waals surface area contributed by atoms with Gasteiger partial charge in [0.1, 0.15) is 17.1 Å². The van der Waals surface area contributed by atoms with Crippen LogP contribution in [0.2, 0.25) is 0 Å². The van der Waals surface area contributed by atoms with Crippen LogP contribution in [-0.2, 0) is 14.4 Å². The van der Waals surface area contributed by atoms with E-state index in [1.165, 1.54) is 16.7 Å². The first-order valence-corrected chi connectivity index (χ1v) is 9.02. The highest BCUT2D eigenvalue weighted by Crippen LogP contribution is 2.40. The van der Waals surface area contributed by atoms with Crippen LogP contribution in [-0.4, -0.2) is 62.9 Å². The molecule has 0 spiro atoms. The number of thioether (sulfide) groups is 1. The van der Waals surface area contributed by atoms with E-state index in [0.29, 0.717) is 42.3 Å². The molecule has 2 atom stereocenters. The van der Waals surface area contributed by atoms with Gasteiger partial charge in [0.05, 0.1) is 0 Å². The number of amides is 2. The quantitative estimate of drug-likeness (QED) is 0.561. The topological polar surface area (TPSA) is 104 Å². The summed E-state index contributed by atoms with van der Waals surface area (Å²) in [7, 11) is 0. The number of β-lactam (4-membered cyclic amide) rings is 1. The molecule has 0 radical (unpaired) electrons. The number of fused-ring (bicyclic) bond motifs is 1. The Bertz CT molecular complexity index is 670. The SMILES string of the molecule is CC(C)CN1CCC(=CC2=C(C(=O)O)N3C(=O)[C@@H](N)[C@H]3SC2)C1=O. The van der Waals surface area contributed by atoms with Crippen molar-refractivity contribution in [3.05, 3.63) is 22.9 Å². The van der Waals surface area contributed by atoms with E-state index in [0.717, 1.165) is 0 Å². The fourth-order valence-corrected chi connectivity index (χ4v) is 4.53. The third kappa shape index (κ3) is 2.73. The standard InChI is InChI=1S/C16H21N3O4S/c1-8(2)6-18-4-3-9(13(18)20)5-10-7-24-15-11(17)14(21)19(15)12(10)16(22)23/h5,8,11,15H,3-4,6-7,17H2,1-2H3,(H,22,23)/t11-,15-/m1/s1. The summed E-state index contributed by atoms with van der Waals surface area (Å²) in [6.45, 7) is 5.45. The van der Waals surface area contributed by atoms with Gasteiger partial charge in [-0.2, -0.15) is 0 Å². The normalized spacial score (nSPS) is 28.8. The van der Waals surface area contributed by atoms with Crippen LogP contribution in [0.3, 0.4) is 0 Å². The molecule has 3 aliphatic heterocycles. The minimum atomic E-state index is -1.16. The summed E-state index contributed by atoms with van der Waals surface area (Å²) in [5.74, 6) is -0.755. The molecular formula is C16H21N3O4S. The zero-order valence-electron chi connectivity index (χ0n) is 13.7. The lowest BCUT2D eigenvalue weighted by Gasteiger charge is -2.47. The molecule has 7 nitrogen and oxygen atoms in total. The monoisotopic (exact) mass is 351 g/mol. The van der Waals surface area contributed by atoms with E-state index in [-0.39, 0.29) is 22.9 Å². The number of allylic oxidation sites excluding steroid dienone is 1. The number of aliphatic carboxylic acids is 1. The zero-order chi connectivity index (χ0) is 17.6. The maximum Gasteiger partial charge on any atom is 0.352 e. The Hall–Kier alpha value is -1.80. The maximum atomic E-state index is 12.4. The van der Waals surface area contributed by atoms with Gasteiger partial charge in [-0.15, -0.1) is 11.8 Å². The Morgan fingerprint density at radius 1 is 1.46 bits per heavy atom. The van der Waals surface area contributed by atoms with E-state index >= 15 is 0 Å². The lowest BCUT2D eigenvalue weighted by Crippen LogP contribution is -2.68. The summed E-state index contributed by atoms with van der Waals surface area (Å²) in [5.41, 5.74) is 6.82. The van der Waals surface area contributed by atoms with Crippen molar-refractivity contribution in [2.24, 2.45) is 11.7 Å². The third-order valence-electron chi connectivity index (χ3n) is 4.39. The van der Waals surface area contributed by atoms with Gasteiger partial charge in [-0.3, -0.25) is 14.5 Å². The second-order valence-corrected chi connectivity index (χ2v) is 7.78. The van der Waals surface area contributed by atoms with Crippen molar-refractivity contribution in [1.29, 1.82) is 0 Å². The number of carboxylic acids is 1. The first-order valence-electron chi connectivity index (χ1n) is 7.97. The van der Waals surface area contributed by atoms with Crippen LogP contribution < -0.4 is 5.73 Å². The molecule has 8 heteroatoms. The molecule has 2 fully saturated rings. The van der Waals surface area contributed by atoms with Crippen LogP contribution in [0.1, 0.15) is 20.3 Å². The van der Waals surface area contributed by atoms with Crippen LogP contribution >= 0.6 is 11.8 Å². The van der Waals surface area contributed by atoms with Crippen molar-refractivity contribution >= 4 is 29.5 Å². The van der Waals surface area contributed by atoms with E-state index in [1.807, 2.05) is 0 Å². The largest absolute Gasteiger partial charge is 0.477 e. The Morgan fingerprint density at radius 2 is 2.17 bits per heavy atom. The van der Waals surface area contributed by atoms with Gasteiger partial charge in [0.2, 0.25) is 11.8 Å². The molecule has 0 saturated carbocycles. The molecule has 0 bridgehead atoms. The molecule has 2 saturated heterocycles.